The minimum atomic E-state index is -4.99. The van der Waals surface area contributed by atoms with E-state index in [-0.39, 0.29) is 25.3 Å². The number of benzene rings is 2. The highest BCUT2D eigenvalue weighted by Crippen LogP contribution is 2.21. The minimum Gasteiger partial charge on any atom is -0.366 e. The fourth-order valence-corrected chi connectivity index (χ4v) is 2.44. The summed E-state index contributed by atoms with van der Waals surface area (Å²) in [6.07, 6.45) is -4.49. The molecule has 0 atom stereocenters. The smallest absolute Gasteiger partial charge is 0.366 e. The summed E-state index contributed by atoms with van der Waals surface area (Å²) in [7, 11) is 0. The Bertz CT molecular complexity index is 788. The molecule has 0 aliphatic carbocycles. The number of alkyl halides is 3. The van der Waals surface area contributed by atoms with Crippen molar-refractivity contribution in [2.45, 2.75) is 19.3 Å². The summed E-state index contributed by atoms with van der Waals surface area (Å²) in [5.74, 6) is -1.99. The van der Waals surface area contributed by atoms with Crippen molar-refractivity contribution in [1.82, 2.24) is 4.90 Å². The first-order valence-corrected chi connectivity index (χ1v) is 8.05. The summed E-state index contributed by atoms with van der Waals surface area (Å²) in [6, 6.07) is 18.2. The maximum Gasteiger partial charge on any atom is 0.454 e. The van der Waals surface area contributed by atoms with Gasteiger partial charge >= 0.3 is 6.18 Å². The van der Waals surface area contributed by atoms with E-state index in [1.165, 1.54) is 0 Å². The molecule has 2 aromatic rings. The van der Waals surface area contributed by atoms with Crippen LogP contribution in [-0.4, -0.2) is 23.4 Å². The van der Waals surface area contributed by atoms with E-state index in [9.17, 15) is 18.0 Å². The van der Waals surface area contributed by atoms with Gasteiger partial charge in [0, 0.05) is 29.8 Å². The average Bonchev–Trinajstić information content (AvgIpc) is 2.65. The number of carbonyl (C=O) groups is 1. The molecule has 2 rings (SSSR count). The highest BCUT2D eigenvalue weighted by molar-refractivity contribution is 5.94. The van der Waals surface area contributed by atoms with Crippen LogP contribution in [0.4, 0.5) is 13.2 Å². The van der Waals surface area contributed by atoms with E-state index in [1.807, 2.05) is 60.7 Å². The van der Waals surface area contributed by atoms with Crippen LogP contribution in [0.25, 0.3) is 10.4 Å². The fourth-order valence-electron chi connectivity index (χ4n) is 2.44. The first-order valence-electron chi connectivity index (χ1n) is 8.05. The van der Waals surface area contributed by atoms with E-state index in [1.54, 1.807) is 4.90 Å². The molecule has 0 saturated heterocycles. The van der Waals surface area contributed by atoms with Gasteiger partial charge in [-0.1, -0.05) is 65.8 Å². The number of nitrogens with zero attached hydrogens (tertiary/aromatic N) is 4. The zero-order valence-corrected chi connectivity index (χ0v) is 14.3. The van der Waals surface area contributed by atoms with Gasteiger partial charge in [-0.25, -0.2) is 0 Å². The van der Waals surface area contributed by atoms with Gasteiger partial charge in [0.1, 0.15) is 0 Å². The lowest BCUT2D eigenvalue weighted by atomic mass is 10.1. The first kappa shape index (κ1) is 20.1. The van der Waals surface area contributed by atoms with Crippen LogP contribution in [0, 0.1) is 0 Å². The molecule has 2 aromatic carbocycles. The normalized spacial score (nSPS) is 11.6. The number of carbonyl (C=O) groups excluding carboxylic acids is 1. The van der Waals surface area contributed by atoms with Crippen molar-refractivity contribution in [3.05, 3.63) is 94.0 Å². The second-order valence-corrected chi connectivity index (χ2v) is 5.71. The van der Waals surface area contributed by atoms with Crippen molar-refractivity contribution < 1.29 is 18.0 Å². The summed E-state index contributed by atoms with van der Waals surface area (Å²) in [5.41, 5.74) is 10.3. The lowest BCUT2D eigenvalue weighted by molar-refractivity contribution is -0.165. The van der Waals surface area contributed by atoms with Gasteiger partial charge in [0.05, 0.1) is 6.54 Å². The second kappa shape index (κ2) is 9.45. The molecule has 0 aliphatic rings. The topological polar surface area (TPSA) is 69.1 Å². The highest BCUT2D eigenvalue weighted by atomic mass is 19.4. The Hall–Kier alpha value is -3.25. The van der Waals surface area contributed by atoms with E-state index in [0.29, 0.717) is 6.08 Å². The van der Waals surface area contributed by atoms with Crippen LogP contribution in [0.1, 0.15) is 11.1 Å². The van der Waals surface area contributed by atoms with E-state index in [2.05, 4.69) is 10.0 Å². The van der Waals surface area contributed by atoms with Crippen LogP contribution in [0.2, 0.25) is 0 Å². The van der Waals surface area contributed by atoms with E-state index < -0.39 is 12.0 Å². The third-order valence-corrected chi connectivity index (χ3v) is 3.71. The van der Waals surface area contributed by atoms with Crippen LogP contribution < -0.4 is 0 Å². The van der Waals surface area contributed by atoms with E-state index in [4.69, 9.17) is 5.53 Å². The minimum absolute atomic E-state index is 0.00262. The Balaban J connectivity index is 2.39. The predicted molar refractivity (Wildman–Crippen MR) is 95.3 cm³/mol. The molecule has 0 heterocycles. The summed E-state index contributed by atoms with van der Waals surface area (Å²) >= 11 is 0. The SMILES string of the molecule is [N-]=[N+]=NC/C(=C/C(=O)C(F)(F)F)N(Cc1ccccc1)Cc1ccccc1. The molecule has 0 bridgehead atoms. The first-order chi connectivity index (χ1) is 12.9. The predicted octanol–water partition coefficient (Wildman–Crippen LogP) is 5.01. The molecule has 8 heteroatoms. The molecule has 0 radical (unpaired) electrons. The standard InChI is InChI=1S/C19H17F3N4O/c20-19(21,22)18(27)11-17(12-24-25-23)26(13-15-7-3-1-4-8-15)14-16-9-5-2-6-10-16/h1-11H,12-14H2/b17-11-. The van der Waals surface area contributed by atoms with Crippen LogP contribution in [0.5, 0.6) is 0 Å². The number of hydrogen-bond acceptors (Lipinski definition) is 3. The van der Waals surface area contributed by atoms with Gasteiger partial charge in [-0.2, -0.15) is 13.2 Å². The summed E-state index contributed by atoms with van der Waals surface area (Å²) in [5, 5.41) is 3.36. The Labute approximate surface area is 154 Å². The molecule has 0 saturated carbocycles. The Kier molecular flexibility index (Phi) is 7.02. The Morgan fingerprint density at radius 1 is 1.00 bits per heavy atom. The number of allylic oxidation sites excluding steroid dienone is 1. The zero-order chi connectivity index (χ0) is 19.7. The van der Waals surface area contributed by atoms with Gasteiger partial charge in [0.2, 0.25) is 0 Å². The molecule has 0 N–H and O–H groups in total. The molecule has 0 fully saturated rings. The molecule has 0 aromatic heterocycles. The number of rotatable bonds is 8. The van der Waals surface area contributed by atoms with Crippen LogP contribution in [-0.2, 0) is 17.9 Å². The lowest BCUT2D eigenvalue weighted by Crippen LogP contribution is -2.27. The van der Waals surface area contributed by atoms with E-state index >= 15 is 0 Å². The van der Waals surface area contributed by atoms with Crippen LogP contribution >= 0.6 is 0 Å². The van der Waals surface area contributed by atoms with Crippen molar-refractivity contribution in [1.29, 1.82) is 0 Å². The van der Waals surface area contributed by atoms with Gasteiger partial charge in [0.15, 0.2) is 0 Å². The van der Waals surface area contributed by atoms with E-state index in [0.717, 1.165) is 11.1 Å². The molecule has 0 spiro atoms. The summed E-state index contributed by atoms with van der Waals surface area (Å²) in [6.45, 7) is 0.152. The molecule has 27 heavy (non-hydrogen) atoms. The van der Waals surface area contributed by atoms with Crippen LogP contribution in [0.15, 0.2) is 77.6 Å². The summed E-state index contributed by atoms with van der Waals surface area (Å²) in [4.78, 5) is 15.7. The van der Waals surface area contributed by atoms with Crippen molar-refractivity contribution in [3.8, 4) is 0 Å². The van der Waals surface area contributed by atoms with Gasteiger partial charge < -0.3 is 4.90 Å². The molecular formula is C19H17F3N4O. The average molecular weight is 374 g/mol. The molecule has 0 aliphatic heterocycles. The van der Waals surface area contributed by atoms with Crippen molar-refractivity contribution in [2.24, 2.45) is 5.11 Å². The van der Waals surface area contributed by atoms with Crippen LogP contribution in [0.3, 0.4) is 0 Å². The zero-order valence-electron chi connectivity index (χ0n) is 14.3. The van der Waals surface area contributed by atoms with Crippen molar-refractivity contribution >= 4 is 5.78 Å². The Morgan fingerprint density at radius 2 is 1.48 bits per heavy atom. The molecule has 5 nitrogen and oxygen atoms in total. The molecule has 0 unspecified atom stereocenters. The summed E-state index contributed by atoms with van der Waals surface area (Å²) < 4.78 is 38.2. The van der Waals surface area contributed by atoms with Crippen molar-refractivity contribution in [2.75, 3.05) is 6.54 Å². The number of ketones is 1. The molecular weight excluding hydrogens is 357 g/mol. The van der Waals surface area contributed by atoms with Gasteiger partial charge in [-0.05, 0) is 16.7 Å². The van der Waals surface area contributed by atoms with Gasteiger partial charge in [0.25, 0.3) is 5.78 Å². The van der Waals surface area contributed by atoms with Crippen molar-refractivity contribution in [3.63, 3.8) is 0 Å². The lowest BCUT2D eigenvalue weighted by Gasteiger charge is -2.27. The van der Waals surface area contributed by atoms with Gasteiger partial charge in [-0.3, -0.25) is 4.79 Å². The highest BCUT2D eigenvalue weighted by Gasteiger charge is 2.37. The second-order valence-electron chi connectivity index (χ2n) is 5.71. The molecule has 0 amide bonds. The molecule has 140 valence electrons. The fraction of sp³-hybridized carbons (Fsp3) is 0.211. The maximum absolute atomic E-state index is 12.7. The number of azide groups is 1. The third kappa shape index (κ3) is 6.52. The Morgan fingerprint density at radius 3 is 1.89 bits per heavy atom. The van der Waals surface area contributed by atoms with Gasteiger partial charge in [-0.15, -0.1) is 0 Å². The number of halogens is 3. The largest absolute Gasteiger partial charge is 0.454 e. The number of hydrogen-bond donors (Lipinski definition) is 0. The monoisotopic (exact) mass is 374 g/mol. The quantitative estimate of drug-likeness (QED) is 0.282. The maximum atomic E-state index is 12.7. The third-order valence-electron chi connectivity index (χ3n) is 3.71.